The first kappa shape index (κ1) is 10.4. The number of carboxylic acid groups (broad SMARTS) is 1. The molecule has 0 amide bonds. The number of aliphatic imine (C=N–C) groups is 1. The van der Waals surface area contributed by atoms with Crippen LogP contribution in [0, 0.1) is 0 Å². The molecule has 0 aliphatic heterocycles. The molecule has 0 aliphatic carbocycles. The number of guanidine groups is 1. The minimum atomic E-state index is -1.09. The van der Waals surface area contributed by atoms with Crippen LogP contribution < -0.4 is 17.2 Å². The van der Waals surface area contributed by atoms with Gasteiger partial charge < -0.3 is 22.3 Å². The molecule has 12 heavy (non-hydrogen) atoms. The number of hydrogen-bond acceptors (Lipinski definition) is 3. The minimum Gasteiger partial charge on any atom is -0.480 e. The van der Waals surface area contributed by atoms with Gasteiger partial charge in [-0.3, -0.25) is 4.79 Å². The Bertz CT molecular complexity index is 208. The lowest BCUT2D eigenvalue weighted by Gasteiger charge is -1.96. The summed E-state index contributed by atoms with van der Waals surface area (Å²) in [6, 6.07) is -1.00. The minimum absolute atomic E-state index is 0.0384. The summed E-state index contributed by atoms with van der Waals surface area (Å²) in [6.45, 7) is 0.239. The highest BCUT2D eigenvalue weighted by atomic mass is 16.4. The van der Waals surface area contributed by atoms with Gasteiger partial charge in [-0.25, -0.2) is 4.99 Å². The van der Waals surface area contributed by atoms with Crippen LogP contribution in [-0.2, 0) is 4.79 Å². The monoisotopic (exact) mass is 172 g/mol. The smallest absolute Gasteiger partial charge is 0.324 e. The second-order valence-corrected chi connectivity index (χ2v) is 2.06. The first-order valence-corrected chi connectivity index (χ1v) is 3.24. The van der Waals surface area contributed by atoms with Crippen molar-refractivity contribution in [2.75, 3.05) is 6.54 Å². The lowest BCUT2D eigenvalue weighted by Crippen LogP contribution is -2.27. The largest absolute Gasteiger partial charge is 0.480 e. The molecule has 1 atom stereocenters. The van der Waals surface area contributed by atoms with Crippen LogP contribution in [0.25, 0.3) is 0 Å². The molecule has 7 N–H and O–H groups in total. The van der Waals surface area contributed by atoms with Gasteiger partial charge in [0.25, 0.3) is 0 Å². The lowest BCUT2D eigenvalue weighted by molar-refractivity contribution is -0.137. The Morgan fingerprint density at radius 2 is 2.17 bits per heavy atom. The molecule has 0 radical (unpaired) electrons. The maximum absolute atomic E-state index is 10.2. The van der Waals surface area contributed by atoms with Gasteiger partial charge in [-0.1, -0.05) is 12.2 Å². The summed E-state index contributed by atoms with van der Waals surface area (Å²) >= 11 is 0. The van der Waals surface area contributed by atoms with E-state index in [0.717, 1.165) is 0 Å². The van der Waals surface area contributed by atoms with Crippen LogP contribution in [0.1, 0.15) is 0 Å². The van der Waals surface area contributed by atoms with E-state index in [1.807, 2.05) is 0 Å². The Labute approximate surface area is 69.7 Å². The van der Waals surface area contributed by atoms with Gasteiger partial charge in [-0.15, -0.1) is 0 Å². The molecule has 0 aromatic carbocycles. The van der Waals surface area contributed by atoms with E-state index in [2.05, 4.69) is 4.99 Å². The van der Waals surface area contributed by atoms with Crippen LogP contribution in [0.5, 0.6) is 0 Å². The Morgan fingerprint density at radius 1 is 1.58 bits per heavy atom. The molecule has 0 unspecified atom stereocenters. The molecule has 0 aliphatic rings. The molecule has 6 nitrogen and oxygen atoms in total. The Kier molecular flexibility index (Phi) is 4.47. The summed E-state index contributed by atoms with van der Waals surface area (Å²) in [4.78, 5) is 13.8. The zero-order chi connectivity index (χ0) is 9.56. The topological polar surface area (TPSA) is 128 Å². The fraction of sp³-hybridized carbons (Fsp3) is 0.333. The first-order valence-electron chi connectivity index (χ1n) is 3.24. The maximum Gasteiger partial charge on any atom is 0.324 e. The Morgan fingerprint density at radius 3 is 2.58 bits per heavy atom. The maximum atomic E-state index is 10.2. The molecule has 0 saturated heterocycles. The molecular weight excluding hydrogens is 160 g/mol. The highest BCUT2D eigenvalue weighted by Gasteiger charge is 2.04. The summed E-state index contributed by atoms with van der Waals surface area (Å²) in [7, 11) is 0. The summed E-state index contributed by atoms with van der Waals surface area (Å²) in [6.07, 6.45) is 2.80. The quantitative estimate of drug-likeness (QED) is 0.226. The molecule has 0 fully saturated rings. The average molecular weight is 172 g/mol. The second kappa shape index (κ2) is 5.14. The van der Waals surface area contributed by atoms with Crippen molar-refractivity contribution in [3.05, 3.63) is 12.2 Å². The van der Waals surface area contributed by atoms with Crippen LogP contribution in [0.2, 0.25) is 0 Å². The summed E-state index contributed by atoms with van der Waals surface area (Å²) in [5, 5.41) is 8.33. The van der Waals surface area contributed by atoms with E-state index in [1.165, 1.54) is 12.2 Å². The third kappa shape index (κ3) is 5.24. The van der Waals surface area contributed by atoms with Crippen LogP contribution >= 0.6 is 0 Å². The second-order valence-electron chi connectivity index (χ2n) is 2.06. The molecule has 0 heterocycles. The normalized spacial score (nSPS) is 12.8. The van der Waals surface area contributed by atoms with E-state index >= 15 is 0 Å². The fourth-order valence-corrected chi connectivity index (χ4v) is 0.448. The van der Waals surface area contributed by atoms with E-state index < -0.39 is 12.0 Å². The van der Waals surface area contributed by atoms with Crippen molar-refractivity contribution in [1.29, 1.82) is 0 Å². The van der Waals surface area contributed by atoms with Crippen LogP contribution in [0.3, 0.4) is 0 Å². The molecule has 0 aromatic heterocycles. The number of carbonyl (C=O) groups is 1. The van der Waals surface area contributed by atoms with Gasteiger partial charge in [-0.05, 0) is 0 Å². The lowest BCUT2D eigenvalue weighted by atomic mass is 10.3. The van der Waals surface area contributed by atoms with Crippen molar-refractivity contribution >= 4 is 11.9 Å². The predicted octanol–water partition coefficient (Wildman–Crippen LogP) is -1.77. The van der Waals surface area contributed by atoms with Crippen molar-refractivity contribution in [2.24, 2.45) is 22.2 Å². The molecule has 0 aromatic rings. The molecular formula is C6H12N4O2. The number of carboxylic acids is 1. The Balaban J connectivity index is 3.77. The average Bonchev–Trinajstić information content (AvgIpc) is 1.97. The van der Waals surface area contributed by atoms with Crippen molar-refractivity contribution in [2.45, 2.75) is 6.04 Å². The predicted molar refractivity (Wildman–Crippen MR) is 45.4 cm³/mol. The van der Waals surface area contributed by atoms with Gasteiger partial charge in [0.15, 0.2) is 5.96 Å². The molecule has 0 saturated carbocycles. The van der Waals surface area contributed by atoms with E-state index in [-0.39, 0.29) is 12.5 Å². The molecule has 0 rings (SSSR count). The van der Waals surface area contributed by atoms with Gasteiger partial charge >= 0.3 is 5.97 Å². The zero-order valence-electron chi connectivity index (χ0n) is 6.47. The van der Waals surface area contributed by atoms with E-state index in [0.29, 0.717) is 0 Å². The van der Waals surface area contributed by atoms with Gasteiger partial charge in [0.1, 0.15) is 6.04 Å². The van der Waals surface area contributed by atoms with Gasteiger partial charge in [0.2, 0.25) is 0 Å². The van der Waals surface area contributed by atoms with Crippen molar-refractivity contribution in [3.8, 4) is 0 Å². The number of hydrogen-bond donors (Lipinski definition) is 4. The Hall–Kier alpha value is -1.56. The van der Waals surface area contributed by atoms with Gasteiger partial charge in [0, 0.05) is 0 Å². The van der Waals surface area contributed by atoms with Crippen LogP contribution in [-0.4, -0.2) is 29.6 Å². The highest BCUT2D eigenvalue weighted by molar-refractivity contribution is 5.76. The SMILES string of the molecule is NC(N)=NC/C=C/[C@H](N)C(=O)O. The summed E-state index contributed by atoms with van der Waals surface area (Å²) < 4.78 is 0. The van der Waals surface area contributed by atoms with Crippen LogP contribution in [0.15, 0.2) is 17.1 Å². The fourth-order valence-electron chi connectivity index (χ4n) is 0.448. The molecule has 6 heteroatoms. The third-order valence-electron chi connectivity index (χ3n) is 1.01. The van der Waals surface area contributed by atoms with Gasteiger partial charge in [-0.2, -0.15) is 0 Å². The number of nitrogens with two attached hydrogens (primary N) is 3. The first-order chi connectivity index (χ1) is 5.54. The van der Waals surface area contributed by atoms with Crippen molar-refractivity contribution in [3.63, 3.8) is 0 Å². The molecule has 68 valence electrons. The van der Waals surface area contributed by atoms with Crippen molar-refractivity contribution < 1.29 is 9.90 Å². The van der Waals surface area contributed by atoms with E-state index in [9.17, 15) is 4.79 Å². The number of rotatable bonds is 4. The third-order valence-corrected chi connectivity index (χ3v) is 1.01. The summed E-state index contributed by atoms with van der Waals surface area (Å²) in [5.74, 6) is -1.13. The number of aliphatic carboxylic acids is 1. The standard InChI is InChI=1S/C6H12N4O2/c7-4(5(11)12)2-1-3-10-6(8)9/h1-2,4H,3,7H2,(H,11,12)(H4,8,9,10)/b2-1+/t4-/m0/s1. The highest BCUT2D eigenvalue weighted by Crippen LogP contribution is 1.82. The summed E-state index contributed by atoms with van der Waals surface area (Å²) in [5.41, 5.74) is 15.2. The van der Waals surface area contributed by atoms with Crippen molar-refractivity contribution in [1.82, 2.24) is 0 Å². The zero-order valence-corrected chi connectivity index (χ0v) is 6.47. The van der Waals surface area contributed by atoms with E-state index in [1.54, 1.807) is 0 Å². The van der Waals surface area contributed by atoms with E-state index in [4.69, 9.17) is 22.3 Å². The van der Waals surface area contributed by atoms with Gasteiger partial charge in [0.05, 0.1) is 6.54 Å². The van der Waals surface area contributed by atoms with Crippen LogP contribution in [0.4, 0.5) is 0 Å². The molecule has 0 spiro atoms. The molecule has 0 bridgehead atoms. The number of nitrogens with zero attached hydrogens (tertiary/aromatic N) is 1.